The molecule has 0 radical (unpaired) electrons. The van der Waals surface area contributed by atoms with E-state index in [4.69, 9.17) is 27.4 Å². The Morgan fingerprint density at radius 3 is 2.43 bits per heavy atom. The molecule has 4 aliphatic heterocycles. The van der Waals surface area contributed by atoms with Gasteiger partial charge in [-0.25, -0.2) is 5.01 Å². The standard InChI is InChI=1S/C42H43ClN10O6S/c1-23-24(2)60-42-37(23)38(26-10-12-27(43)13-11-26)47-31(39(45)53(42)25(3)44)14-17-36(57)50-18-20-51(21-19-50)49-35(56)9-5-8-33(54)46-30-7-4-6-28-29(30)22-52(41(28)59)32-15-16-34(55)48-40(32)58/h4,6-7,10-13,31-32,44-45H,5,8-9,15-16,18-22H2,1-3H3,(H,46,54)(H,49,56)(H,48,55,58)/t31-,32?/m0/s1. The quantitative estimate of drug-likeness (QED) is 0.0973. The maximum Gasteiger partial charge on any atom is 0.298 e. The van der Waals surface area contributed by atoms with Crippen molar-refractivity contribution in [1.82, 2.24) is 25.6 Å². The van der Waals surface area contributed by atoms with Gasteiger partial charge in [0.25, 0.3) is 11.8 Å². The van der Waals surface area contributed by atoms with Crippen molar-refractivity contribution in [1.29, 1.82) is 10.8 Å². The molecule has 5 heterocycles. The minimum atomic E-state index is -1.03. The van der Waals surface area contributed by atoms with Crippen LogP contribution in [0.3, 0.4) is 0 Å². The highest BCUT2D eigenvalue weighted by molar-refractivity contribution is 7.17. The maximum absolute atomic E-state index is 13.3. The number of carbonyl (C=O) groups excluding carboxylic acids is 6. The zero-order valence-corrected chi connectivity index (χ0v) is 34.8. The van der Waals surface area contributed by atoms with Gasteiger partial charge in [0.1, 0.15) is 22.7 Å². The number of amides is 6. The van der Waals surface area contributed by atoms with Crippen LogP contribution in [-0.4, -0.2) is 106 Å². The molecule has 0 saturated carbocycles. The minimum Gasteiger partial charge on any atom is -0.329 e. The molecule has 0 spiro atoms. The van der Waals surface area contributed by atoms with Crippen LogP contribution in [0.25, 0.3) is 0 Å². The summed E-state index contributed by atoms with van der Waals surface area (Å²) >= 11 is 7.66. The molecule has 1 aromatic heterocycles. The third-order valence-corrected chi connectivity index (χ3v) is 12.3. The van der Waals surface area contributed by atoms with E-state index >= 15 is 0 Å². The predicted octanol–water partition coefficient (Wildman–Crippen LogP) is 3.77. The number of hydrogen-bond acceptors (Lipinski definition) is 11. The average molecular weight is 851 g/mol. The number of aryl methyl sites for hydroxylation is 1. The second-order valence-electron chi connectivity index (χ2n) is 14.9. The molecule has 18 heteroatoms. The number of hydrogen-bond donors (Lipinski definition) is 5. The summed E-state index contributed by atoms with van der Waals surface area (Å²) < 4.78 is 0. The fourth-order valence-corrected chi connectivity index (χ4v) is 8.93. The summed E-state index contributed by atoms with van der Waals surface area (Å²) in [4.78, 5) is 86.7. The molecule has 0 aliphatic carbocycles. The van der Waals surface area contributed by atoms with Gasteiger partial charge in [0.15, 0.2) is 6.04 Å². The van der Waals surface area contributed by atoms with E-state index in [1.54, 1.807) is 47.2 Å². The molecular formula is C42H43ClN10O6S. The molecule has 2 atom stereocenters. The number of fused-ring (bicyclic) bond motifs is 2. The summed E-state index contributed by atoms with van der Waals surface area (Å²) in [5.41, 5.74) is 7.44. The Kier molecular flexibility index (Phi) is 12.3. The number of halogens is 1. The van der Waals surface area contributed by atoms with E-state index in [-0.39, 0.29) is 73.9 Å². The van der Waals surface area contributed by atoms with Crippen molar-refractivity contribution in [2.75, 3.05) is 36.4 Å². The Morgan fingerprint density at radius 1 is 1.02 bits per heavy atom. The number of nitrogens with one attached hydrogen (secondary N) is 5. The number of anilines is 2. The Balaban J connectivity index is 0.904. The largest absolute Gasteiger partial charge is 0.329 e. The fourth-order valence-electron chi connectivity index (χ4n) is 7.58. The smallest absolute Gasteiger partial charge is 0.298 e. The van der Waals surface area contributed by atoms with Crippen LogP contribution in [-0.2, 0) is 30.5 Å². The zero-order valence-electron chi connectivity index (χ0n) is 33.2. The maximum atomic E-state index is 13.3. The van der Waals surface area contributed by atoms with Gasteiger partial charge in [-0.05, 0) is 69.4 Å². The molecule has 7 rings (SSSR count). The molecule has 6 amide bonds. The molecule has 2 aromatic carbocycles. The van der Waals surface area contributed by atoms with Crippen LogP contribution in [0.4, 0.5) is 10.7 Å². The van der Waals surface area contributed by atoms with E-state index < -0.39 is 23.9 Å². The second kappa shape index (κ2) is 17.6. The van der Waals surface area contributed by atoms with E-state index in [9.17, 15) is 28.8 Å². The first-order chi connectivity index (χ1) is 28.7. The highest BCUT2D eigenvalue weighted by Crippen LogP contribution is 2.40. The molecule has 16 nitrogen and oxygen atoms in total. The molecule has 2 saturated heterocycles. The molecule has 2 fully saturated rings. The number of hydrazine groups is 1. The lowest BCUT2D eigenvalue weighted by Gasteiger charge is -2.33. The van der Waals surface area contributed by atoms with Crippen molar-refractivity contribution in [3.8, 4) is 11.8 Å². The first-order valence-corrected chi connectivity index (χ1v) is 20.7. The highest BCUT2D eigenvalue weighted by atomic mass is 35.5. The Morgan fingerprint density at radius 2 is 1.73 bits per heavy atom. The van der Waals surface area contributed by atoms with Crippen molar-refractivity contribution in [2.45, 2.75) is 71.5 Å². The summed E-state index contributed by atoms with van der Waals surface area (Å²) in [5.74, 6) is 3.44. The van der Waals surface area contributed by atoms with Crippen molar-refractivity contribution < 1.29 is 28.8 Å². The van der Waals surface area contributed by atoms with Gasteiger partial charge in [-0.1, -0.05) is 35.7 Å². The van der Waals surface area contributed by atoms with Crippen LogP contribution >= 0.6 is 22.9 Å². The minimum absolute atomic E-state index is 0.0299. The number of benzene rings is 2. The van der Waals surface area contributed by atoms with E-state index in [0.29, 0.717) is 58.7 Å². The lowest BCUT2D eigenvalue weighted by atomic mass is 10.00. The van der Waals surface area contributed by atoms with Crippen molar-refractivity contribution in [3.63, 3.8) is 0 Å². The lowest BCUT2D eigenvalue weighted by molar-refractivity contribution is -0.137. The molecule has 60 heavy (non-hydrogen) atoms. The molecule has 310 valence electrons. The predicted molar refractivity (Wildman–Crippen MR) is 227 cm³/mol. The van der Waals surface area contributed by atoms with Gasteiger partial charge >= 0.3 is 0 Å². The second-order valence-corrected chi connectivity index (χ2v) is 16.5. The van der Waals surface area contributed by atoms with Gasteiger partial charge in [0.05, 0.1) is 5.71 Å². The Labute approximate surface area is 355 Å². The summed E-state index contributed by atoms with van der Waals surface area (Å²) in [6, 6.07) is 10.4. The van der Waals surface area contributed by atoms with Crippen molar-refractivity contribution in [3.05, 3.63) is 80.2 Å². The fraction of sp³-hybridized carbons (Fsp3) is 0.357. The number of amidine groups is 2. The number of rotatable bonds is 8. The third-order valence-electron chi connectivity index (χ3n) is 10.8. The third kappa shape index (κ3) is 8.71. The van der Waals surface area contributed by atoms with Gasteiger partial charge in [0, 0.05) is 89.8 Å². The van der Waals surface area contributed by atoms with Gasteiger partial charge in [-0.3, -0.25) is 60.2 Å². The van der Waals surface area contributed by atoms with E-state index in [2.05, 4.69) is 27.9 Å². The van der Waals surface area contributed by atoms with E-state index in [1.807, 2.05) is 26.0 Å². The number of carbonyl (C=O) groups is 6. The first-order valence-electron chi connectivity index (χ1n) is 19.5. The molecule has 5 N–H and O–H groups in total. The number of thiophene rings is 1. The summed E-state index contributed by atoms with van der Waals surface area (Å²) in [6.07, 6.45) is 0.771. The lowest BCUT2D eigenvalue weighted by Crippen LogP contribution is -2.54. The van der Waals surface area contributed by atoms with Crippen LogP contribution in [0, 0.1) is 36.5 Å². The van der Waals surface area contributed by atoms with Crippen LogP contribution in [0.1, 0.15) is 76.5 Å². The summed E-state index contributed by atoms with van der Waals surface area (Å²) in [5, 5.41) is 25.7. The number of piperazine rings is 1. The topological polar surface area (TPSA) is 212 Å². The van der Waals surface area contributed by atoms with Gasteiger partial charge < -0.3 is 15.1 Å². The summed E-state index contributed by atoms with van der Waals surface area (Å²) in [7, 11) is 0. The number of imide groups is 1. The Bertz CT molecular complexity index is 2430. The molecule has 3 aromatic rings. The van der Waals surface area contributed by atoms with Crippen molar-refractivity contribution >= 4 is 86.5 Å². The van der Waals surface area contributed by atoms with Crippen LogP contribution in [0.2, 0.25) is 5.02 Å². The van der Waals surface area contributed by atoms with Gasteiger partial charge in [-0.2, -0.15) is 0 Å². The van der Waals surface area contributed by atoms with E-state index in [1.165, 1.54) is 21.1 Å². The number of aliphatic imine (C=N–C) groups is 1. The SMILES string of the molecule is CC(=N)N1C(=N)[C@H](C#CC(=O)N2CCN(NC(=O)CCCC(=O)Nc3cccc4c3CN(C3CCC(=O)NC3=O)C4=O)CC2)N=C(c2ccc(Cl)cc2)c2c1sc(C)c2C. The van der Waals surface area contributed by atoms with Crippen molar-refractivity contribution in [2.24, 2.45) is 4.99 Å². The zero-order chi connectivity index (χ0) is 42.8. The Hall–Kier alpha value is -6.22. The summed E-state index contributed by atoms with van der Waals surface area (Å²) in [6.45, 7) is 6.99. The number of nitrogens with zero attached hydrogens (tertiary/aromatic N) is 5. The molecule has 4 aliphatic rings. The monoisotopic (exact) mass is 850 g/mol. The molecule has 0 bridgehead atoms. The van der Waals surface area contributed by atoms with E-state index in [0.717, 1.165) is 21.6 Å². The normalized spacial score (nSPS) is 19.1. The van der Waals surface area contributed by atoms with Gasteiger partial charge in [0.2, 0.25) is 23.6 Å². The van der Waals surface area contributed by atoms with Crippen LogP contribution in [0.15, 0.2) is 47.5 Å². The molecular weight excluding hydrogens is 808 g/mol. The first kappa shape index (κ1) is 41.9. The number of piperidine rings is 1. The highest BCUT2D eigenvalue weighted by Gasteiger charge is 2.40. The molecule has 1 unspecified atom stereocenters. The van der Waals surface area contributed by atoms with Crippen LogP contribution in [0.5, 0.6) is 0 Å². The van der Waals surface area contributed by atoms with Crippen LogP contribution < -0.4 is 21.0 Å². The average Bonchev–Trinajstić information content (AvgIpc) is 3.65. The van der Waals surface area contributed by atoms with Gasteiger partial charge in [-0.15, -0.1) is 11.3 Å².